The van der Waals surface area contributed by atoms with Gasteiger partial charge in [-0.15, -0.1) is 0 Å². The molecule has 2 aliphatic heterocycles. The molecule has 4 rings (SSSR count). The number of ether oxygens (including phenoxy) is 2. The van der Waals surface area contributed by atoms with Crippen LogP contribution in [-0.4, -0.2) is 37.7 Å². The molecule has 1 spiro atoms. The van der Waals surface area contributed by atoms with Crippen LogP contribution in [-0.2, 0) is 18.7 Å². The maximum atomic E-state index is 12.4. The number of rotatable bonds is 5. The van der Waals surface area contributed by atoms with Crippen LogP contribution in [0.5, 0.6) is 0 Å². The van der Waals surface area contributed by atoms with Crippen LogP contribution in [0.3, 0.4) is 0 Å². The molecule has 4 aliphatic rings. The Labute approximate surface area is 159 Å². The Balaban J connectivity index is 1.75. The van der Waals surface area contributed by atoms with Gasteiger partial charge in [-0.3, -0.25) is 4.79 Å². The molecular weight excluding hydrogens is 344 g/mol. The molecule has 0 amide bonds. The third-order valence-corrected chi connectivity index (χ3v) is 13.5. The first-order valence-electron chi connectivity index (χ1n) is 10.8. The van der Waals surface area contributed by atoms with Crippen LogP contribution >= 0.6 is 0 Å². The second kappa shape index (κ2) is 5.80. The Bertz CT molecular complexity index is 597. The van der Waals surface area contributed by atoms with Crippen molar-refractivity contribution >= 4 is 14.3 Å². The van der Waals surface area contributed by atoms with Gasteiger partial charge in [0.15, 0.2) is 8.32 Å². The minimum atomic E-state index is -1.73. The zero-order valence-electron chi connectivity index (χ0n) is 17.4. The maximum Gasteiger partial charge on any atom is 0.309 e. The molecule has 2 heterocycles. The summed E-state index contributed by atoms with van der Waals surface area (Å²) in [5, 5.41) is 0. The van der Waals surface area contributed by atoms with Gasteiger partial charge in [0.2, 0.25) is 0 Å². The van der Waals surface area contributed by atoms with Gasteiger partial charge in [-0.05, 0) is 50.7 Å². The van der Waals surface area contributed by atoms with Crippen molar-refractivity contribution < 1.29 is 18.7 Å². The van der Waals surface area contributed by atoms with E-state index in [4.69, 9.17) is 13.9 Å². The fourth-order valence-electron chi connectivity index (χ4n) is 6.81. The van der Waals surface area contributed by atoms with Gasteiger partial charge >= 0.3 is 5.97 Å². The predicted molar refractivity (Wildman–Crippen MR) is 103 cm³/mol. The van der Waals surface area contributed by atoms with Gasteiger partial charge in [0.1, 0.15) is 11.7 Å². The summed E-state index contributed by atoms with van der Waals surface area (Å²) < 4.78 is 19.7. The third kappa shape index (κ3) is 2.11. The van der Waals surface area contributed by atoms with Gasteiger partial charge in [0, 0.05) is 11.3 Å². The topological polar surface area (TPSA) is 48.1 Å². The van der Waals surface area contributed by atoms with Crippen LogP contribution < -0.4 is 0 Å². The highest BCUT2D eigenvalue weighted by Gasteiger charge is 2.85. The Morgan fingerprint density at radius 3 is 2.42 bits per heavy atom. The van der Waals surface area contributed by atoms with Gasteiger partial charge in [-0.25, -0.2) is 0 Å². The number of epoxide rings is 1. The molecule has 0 unspecified atom stereocenters. The van der Waals surface area contributed by atoms with Crippen LogP contribution in [0.1, 0.15) is 67.2 Å². The monoisotopic (exact) mass is 380 g/mol. The number of hydrogen-bond donors (Lipinski definition) is 0. The number of hydrogen-bond acceptors (Lipinski definition) is 4. The largest absolute Gasteiger partial charge is 0.459 e. The maximum absolute atomic E-state index is 12.4. The lowest BCUT2D eigenvalue weighted by Crippen LogP contribution is -2.65. The van der Waals surface area contributed by atoms with Crippen molar-refractivity contribution in [2.45, 2.75) is 109 Å². The van der Waals surface area contributed by atoms with Gasteiger partial charge in [-0.1, -0.05) is 34.6 Å². The molecule has 0 bridgehead atoms. The van der Waals surface area contributed by atoms with E-state index in [9.17, 15) is 4.79 Å². The molecule has 0 aromatic carbocycles. The standard InChI is InChI=1S/C21H36O4Si/c1-7-26(8-2,9-3)24-16-13-15-14(4)18(22)23-17(15)21-19(16,5)11-10-12-20(21,6)25-21/h14-17H,7-13H2,1-6H3/t14-,15+,16+,17-,19-,20-,21+/m1/s1. The van der Waals surface area contributed by atoms with Crippen molar-refractivity contribution in [1.82, 2.24) is 0 Å². The highest BCUT2D eigenvalue weighted by Crippen LogP contribution is 2.73. The summed E-state index contributed by atoms with van der Waals surface area (Å²) in [4.78, 5) is 12.4. The van der Waals surface area contributed by atoms with Gasteiger partial charge in [0.05, 0.1) is 17.6 Å². The Morgan fingerprint density at radius 1 is 1.15 bits per heavy atom. The quantitative estimate of drug-likeness (QED) is 0.395. The molecule has 5 heteroatoms. The number of esters is 1. The average Bonchev–Trinajstić information content (AvgIpc) is 3.18. The molecule has 2 saturated carbocycles. The first kappa shape index (κ1) is 18.9. The molecule has 4 nitrogen and oxygen atoms in total. The normalized spacial score (nSPS) is 49.8. The zero-order valence-corrected chi connectivity index (χ0v) is 18.4. The summed E-state index contributed by atoms with van der Waals surface area (Å²) in [6.07, 6.45) is 4.42. The van der Waals surface area contributed by atoms with E-state index in [1.807, 2.05) is 6.92 Å². The van der Waals surface area contributed by atoms with Crippen molar-refractivity contribution in [2.24, 2.45) is 17.3 Å². The summed E-state index contributed by atoms with van der Waals surface area (Å²) >= 11 is 0. The third-order valence-electron chi connectivity index (χ3n) is 8.90. The smallest absolute Gasteiger partial charge is 0.309 e. The van der Waals surface area contributed by atoms with E-state index in [-0.39, 0.29) is 46.6 Å². The molecular formula is C21H36O4Si. The zero-order chi connectivity index (χ0) is 19.0. The summed E-state index contributed by atoms with van der Waals surface area (Å²) in [5.41, 5.74) is -0.533. The number of carbonyl (C=O) groups is 1. The van der Waals surface area contributed by atoms with Crippen molar-refractivity contribution in [1.29, 1.82) is 0 Å². The molecule has 148 valence electrons. The second-order valence-electron chi connectivity index (χ2n) is 9.74. The fourth-order valence-corrected chi connectivity index (χ4v) is 9.77. The van der Waals surface area contributed by atoms with Crippen LogP contribution in [0.25, 0.3) is 0 Å². The molecule has 2 aliphatic carbocycles. The summed E-state index contributed by atoms with van der Waals surface area (Å²) in [5.74, 6) is 0.157. The summed E-state index contributed by atoms with van der Waals surface area (Å²) in [7, 11) is -1.73. The van der Waals surface area contributed by atoms with Crippen molar-refractivity contribution in [3.63, 3.8) is 0 Å². The van der Waals surface area contributed by atoms with E-state index < -0.39 is 8.32 Å². The molecule has 2 saturated heterocycles. The Kier molecular flexibility index (Phi) is 4.23. The Hall–Kier alpha value is -0.393. The molecule has 0 aromatic heterocycles. The van der Waals surface area contributed by atoms with Gasteiger partial charge in [0.25, 0.3) is 0 Å². The summed E-state index contributed by atoms with van der Waals surface area (Å²) in [6, 6.07) is 3.49. The SMILES string of the molecule is CC[Si](CC)(CC)O[C@H]1C[C@@H]2[C@@H](OC(=O)[C@@H]2C)[C@@]23O[C@]2(C)CCC[C@]13C. The van der Waals surface area contributed by atoms with Gasteiger partial charge in [-0.2, -0.15) is 0 Å². The van der Waals surface area contributed by atoms with Crippen LogP contribution in [0.4, 0.5) is 0 Å². The predicted octanol–water partition coefficient (Wildman–Crippen LogP) is 4.68. The van der Waals surface area contributed by atoms with E-state index in [1.54, 1.807) is 0 Å². The Morgan fingerprint density at radius 2 is 1.81 bits per heavy atom. The van der Waals surface area contributed by atoms with Crippen LogP contribution in [0.15, 0.2) is 0 Å². The highest BCUT2D eigenvalue weighted by molar-refractivity contribution is 6.73. The first-order valence-corrected chi connectivity index (χ1v) is 13.3. The van der Waals surface area contributed by atoms with Crippen molar-refractivity contribution in [3.05, 3.63) is 0 Å². The fraction of sp³-hybridized carbons (Fsp3) is 0.952. The first-order chi connectivity index (χ1) is 12.2. The van der Waals surface area contributed by atoms with Crippen LogP contribution in [0.2, 0.25) is 18.1 Å². The minimum absolute atomic E-state index is 0.0363. The average molecular weight is 381 g/mol. The van der Waals surface area contributed by atoms with Crippen LogP contribution in [0, 0.1) is 17.3 Å². The molecule has 26 heavy (non-hydrogen) atoms. The number of carbonyl (C=O) groups excluding carboxylic acids is 1. The lowest BCUT2D eigenvalue weighted by atomic mass is 9.52. The van der Waals surface area contributed by atoms with E-state index >= 15 is 0 Å². The molecule has 0 N–H and O–H groups in total. The highest BCUT2D eigenvalue weighted by atomic mass is 28.4. The molecule has 0 aromatic rings. The number of fused-ring (bicyclic) bond motifs is 1. The second-order valence-corrected chi connectivity index (χ2v) is 14.5. The van der Waals surface area contributed by atoms with Crippen molar-refractivity contribution in [3.8, 4) is 0 Å². The van der Waals surface area contributed by atoms with Gasteiger partial charge < -0.3 is 13.9 Å². The van der Waals surface area contributed by atoms with E-state index in [0.717, 1.165) is 37.4 Å². The van der Waals surface area contributed by atoms with Crippen molar-refractivity contribution in [2.75, 3.05) is 0 Å². The lowest BCUT2D eigenvalue weighted by Gasteiger charge is -2.55. The molecule has 0 radical (unpaired) electrons. The molecule has 4 fully saturated rings. The van der Waals surface area contributed by atoms with E-state index in [1.165, 1.54) is 6.42 Å². The lowest BCUT2D eigenvalue weighted by molar-refractivity contribution is -0.160. The summed E-state index contributed by atoms with van der Waals surface area (Å²) in [6.45, 7) is 13.5. The molecule has 7 atom stereocenters. The minimum Gasteiger partial charge on any atom is -0.459 e. The van der Waals surface area contributed by atoms with E-state index in [2.05, 4.69) is 34.6 Å². The van der Waals surface area contributed by atoms with E-state index in [0.29, 0.717) is 0 Å².